The monoisotopic (exact) mass is 595 g/mol. The lowest BCUT2D eigenvalue weighted by Gasteiger charge is -2.19. The van der Waals surface area contributed by atoms with Crippen molar-refractivity contribution in [2.75, 3.05) is 0 Å². The van der Waals surface area contributed by atoms with Crippen LogP contribution >= 0.6 is 11.6 Å². The fourth-order valence-corrected chi connectivity index (χ4v) is 6.29. The summed E-state index contributed by atoms with van der Waals surface area (Å²) in [5.74, 6) is 1.90. The highest BCUT2D eigenvalue weighted by atomic mass is 35.5. The number of benzene rings is 7. The summed E-state index contributed by atoms with van der Waals surface area (Å²) < 4.78 is 0. The standard InChI is InChI=1S/C41H26ClN3/c42-32-23-24-34-33-21-10-11-22-35(33)38(37(36(34)26-32)27-13-4-1-5-14-27)30-19-12-20-31(25-30)41-44-39(28-15-6-2-7-16-28)43-40(45-41)29-17-8-3-9-18-29/h1-26H. The second-order valence-corrected chi connectivity index (χ2v) is 11.4. The Balaban J connectivity index is 1.40. The van der Waals surface area contributed by atoms with Gasteiger partial charge in [-0.1, -0.05) is 151 Å². The highest BCUT2D eigenvalue weighted by Crippen LogP contribution is 2.45. The molecule has 0 aliphatic heterocycles. The van der Waals surface area contributed by atoms with E-state index in [1.807, 2.05) is 66.7 Å². The molecule has 1 heterocycles. The maximum Gasteiger partial charge on any atom is 0.164 e. The first kappa shape index (κ1) is 26.9. The van der Waals surface area contributed by atoms with Crippen LogP contribution in [-0.4, -0.2) is 15.0 Å². The van der Waals surface area contributed by atoms with Gasteiger partial charge >= 0.3 is 0 Å². The minimum atomic E-state index is 0.624. The molecule has 0 fully saturated rings. The highest BCUT2D eigenvalue weighted by Gasteiger charge is 2.19. The number of nitrogens with zero attached hydrogens (tertiary/aromatic N) is 3. The first-order chi connectivity index (χ1) is 22.2. The topological polar surface area (TPSA) is 38.7 Å². The van der Waals surface area contributed by atoms with Crippen LogP contribution in [0.1, 0.15) is 0 Å². The summed E-state index contributed by atoms with van der Waals surface area (Å²) in [5, 5.41) is 5.36. The van der Waals surface area contributed by atoms with Crippen LogP contribution in [0.5, 0.6) is 0 Å². The molecule has 0 saturated carbocycles. The van der Waals surface area contributed by atoms with E-state index in [0.29, 0.717) is 22.5 Å². The van der Waals surface area contributed by atoms with Gasteiger partial charge in [-0.3, -0.25) is 0 Å². The fourth-order valence-electron chi connectivity index (χ4n) is 6.12. The first-order valence-electron chi connectivity index (χ1n) is 14.9. The summed E-state index contributed by atoms with van der Waals surface area (Å²) in [6.45, 7) is 0. The second-order valence-electron chi connectivity index (χ2n) is 11.0. The Hall–Kier alpha value is -5.64. The van der Waals surface area contributed by atoms with Crippen molar-refractivity contribution in [2.45, 2.75) is 0 Å². The number of hydrogen-bond acceptors (Lipinski definition) is 3. The van der Waals surface area contributed by atoms with Crippen LogP contribution in [0.25, 0.3) is 78.0 Å². The van der Waals surface area contributed by atoms with Gasteiger partial charge in [0.15, 0.2) is 17.5 Å². The Kier molecular flexibility index (Phi) is 6.86. The van der Waals surface area contributed by atoms with E-state index in [-0.39, 0.29) is 0 Å². The molecule has 0 aliphatic rings. The van der Waals surface area contributed by atoms with E-state index in [1.54, 1.807) is 0 Å². The van der Waals surface area contributed by atoms with E-state index in [1.165, 1.54) is 16.2 Å². The van der Waals surface area contributed by atoms with Gasteiger partial charge in [-0.05, 0) is 62.0 Å². The average molecular weight is 596 g/mol. The predicted octanol–water partition coefficient (Wildman–Crippen LogP) is 11.2. The minimum absolute atomic E-state index is 0.624. The van der Waals surface area contributed by atoms with Crippen LogP contribution in [0, 0.1) is 0 Å². The number of halogens is 1. The molecule has 0 atom stereocenters. The molecule has 0 saturated heterocycles. The Bertz CT molecular complexity index is 2260. The van der Waals surface area contributed by atoms with Crippen LogP contribution in [0.15, 0.2) is 158 Å². The summed E-state index contributed by atoms with van der Waals surface area (Å²) in [6, 6.07) is 54.0. The zero-order valence-electron chi connectivity index (χ0n) is 24.2. The summed E-state index contributed by atoms with van der Waals surface area (Å²) >= 11 is 6.64. The highest BCUT2D eigenvalue weighted by molar-refractivity contribution is 6.32. The number of rotatable bonds is 5. The summed E-state index contributed by atoms with van der Waals surface area (Å²) in [6.07, 6.45) is 0. The van der Waals surface area contributed by atoms with Gasteiger partial charge in [-0.2, -0.15) is 0 Å². The molecule has 8 aromatic rings. The van der Waals surface area contributed by atoms with Gasteiger partial charge in [-0.15, -0.1) is 0 Å². The molecular weight excluding hydrogens is 570 g/mol. The summed E-state index contributed by atoms with van der Waals surface area (Å²) in [4.78, 5) is 14.9. The Morgan fingerprint density at radius 2 is 0.756 bits per heavy atom. The molecule has 7 aromatic carbocycles. The van der Waals surface area contributed by atoms with Crippen LogP contribution in [-0.2, 0) is 0 Å². The van der Waals surface area contributed by atoms with Gasteiger partial charge in [0.1, 0.15) is 0 Å². The van der Waals surface area contributed by atoms with Gasteiger partial charge in [0.05, 0.1) is 0 Å². The van der Waals surface area contributed by atoms with Gasteiger partial charge in [0, 0.05) is 21.7 Å². The third-order valence-electron chi connectivity index (χ3n) is 8.16. The van der Waals surface area contributed by atoms with Gasteiger partial charge < -0.3 is 0 Å². The van der Waals surface area contributed by atoms with Crippen LogP contribution in [0.2, 0.25) is 5.02 Å². The van der Waals surface area contributed by atoms with Crippen LogP contribution < -0.4 is 0 Å². The lowest BCUT2D eigenvalue weighted by atomic mass is 9.84. The molecule has 0 aliphatic carbocycles. The predicted molar refractivity (Wildman–Crippen MR) is 187 cm³/mol. The van der Waals surface area contributed by atoms with E-state index in [0.717, 1.165) is 44.3 Å². The van der Waals surface area contributed by atoms with Crippen molar-refractivity contribution < 1.29 is 0 Å². The van der Waals surface area contributed by atoms with E-state index in [2.05, 4.69) is 91.0 Å². The van der Waals surface area contributed by atoms with Crippen molar-refractivity contribution in [2.24, 2.45) is 0 Å². The van der Waals surface area contributed by atoms with E-state index >= 15 is 0 Å². The van der Waals surface area contributed by atoms with E-state index < -0.39 is 0 Å². The Labute approximate surface area is 266 Å². The molecule has 45 heavy (non-hydrogen) atoms. The van der Waals surface area contributed by atoms with Gasteiger partial charge in [-0.25, -0.2) is 15.0 Å². The largest absolute Gasteiger partial charge is 0.208 e. The molecule has 0 bridgehead atoms. The Morgan fingerprint density at radius 3 is 1.38 bits per heavy atom. The van der Waals surface area contributed by atoms with E-state index in [4.69, 9.17) is 26.6 Å². The van der Waals surface area contributed by atoms with Gasteiger partial charge in [0.25, 0.3) is 0 Å². The Morgan fingerprint density at radius 1 is 0.311 bits per heavy atom. The first-order valence-corrected chi connectivity index (χ1v) is 15.3. The average Bonchev–Trinajstić information content (AvgIpc) is 3.12. The molecule has 0 unspecified atom stereocenters. The van der Waals surface area contributed by atoms with Crippen molar-refractivity contribution in [3.63, 3.8) is 0 Å². The smallest absolute Gasteiger partial charge is 0.164 e. The maximum absolute atomic E-state index is 6.64. The number of aromatic nitrogens is 3. The maximum atomic E-state index is 6.64. The normalized spacial score (nSPS) is 11.2. The number of fused-ring (bicyclic) bond motifs is 3. The van der Waals surface area contributed by atoms with Crippen LogP contribution in [0.3, 0.4) is 0 Å². The molecule has 3 nitrogen and oxygen atoms in total. The molecule has 4 heteroatoms. The van der Waals surface area contributed by atoms with Crippen LogP contribution in [0.4, 0.5) is 0 Å². The van der Waals surface area contributed by atoms with E-state index in [9.17, 15) is 0 Å². The van der Waals surface area contributed by atoms with Crippen molar-refractivity contribution in [3.05, 3.63) is 163 Å². The molecule has 1 aromatic heterocycles. The number of hydrogen-bond donors (Lipinski definition) is 0. The lowest BCUT2D eigenvalue weighted by molar-refractivity contribution is 1.07. The molecule has 0 amide bonds. The zero-order valence-corrected chi connectivity index (χ0v) is 25.0. The molecule has 0 spiro atoms. The van der Waals surface area contributed by atoms with Crippen molar-refractivity contribution >= 4 is 33.1 Å². The molecule has 0 radical (unpaired) electrons. The third-order valence-corrected chi connectivity index (χ3v) is 8.39. The van der Waals surface area contributed by atoms with Crippen molar-refractivity contribution in [3.8, 4) is 56.4 Å². The summed E-state index contributed by atoms with van der Waals surface area (Å²) in [7, 11) is 0. The molecule has 0 N–H and O–H groups in total. The lowest BCUT2D eigenvalue weighted by Crippen LogP contribution is -2.00. The molecule has 212 valence electrons. The zero-order chi connectivity index (χ0) is 30.2. The second kappa shape index (κ2) is 11.5. The molecule has 8 rings (SSSR count). The SMILES string of the molecule is Clc1ccc2c(c1)c(-c1ccccc1)c(-c1cccc(-c3nc(-c4ccccc4)nc(-c4ccccc4)n3)c1)c1ccccc12. The third kappa shape index (κ3) is 5.04. The van der Waals surface area contributed by atoms with Crippen molar-refractivity contribution in [1.82, 2.24) is 15.0 Å². The van der Waals surface area contributed by atoms with Crippen molar-refractivity contribution in [1.29, 1.82) is 0 Å². The summed E-state index contributed by atoms with van der Waals surface area (Å²) in [5.41, 5.74) is 7.31. The minimum Gasteiger partial charge on any atom is -0.208 e. The quantitative estimate of drug-likeness (QED) is 0.186. The van der Waals surface area contributed by atoms with Gasteiger partial charge in [0.2, 0.25) is 0 Å². The fraction of sp³-hybridized carbons (Fsp3) is 0. The molecular formula is C41H26ClN3.